The maximum Gasteiger partial charge on any atom is 0.341 e. The Kier molecular flexibility index (Phi) is 7.32. The highest BCUT2D eigenvalue weighted by Gasteiger charge is 2.26. The lowest BCUT2D eigenvalue weighted by atomic mass is 10.2. The molecule has 166 valence electrons. The number of nitrogens with zero attached hydrogens (tertiary/aromatic N) is 4. The summed E-state index contributed by atoms with van der Waals surface area (Å²) in [4.78, 5) is 1.88. The van der Waals surface area contributed by atoms with Gasteiger partial charge >= 0.3 is 5.76 Å². The van der Waals surface area contributed by atoms with Crippen LogP contribution in [0.3, 0.4) is 0 Å². The van der Waals surface area contributed by atoms with E-state index in [1.807, 2.05) is 23.7 Å². The number of halogens is 2. The highest BCUT2D eigenvalue weighted by atomic mass is 32.2. The maximum absolute atomic E-state index is 12.6. The largest absolute Gasteiger partial charge is 0.372 e. The molecule has 0 aliphatic heterocycles. The Morgan fingerprint density at radius 1 is 1.00 bits per heavy atom. The van der Waals surface area contributed by atoms with E-state index in [2.05, 4.69) is 41.1 Å². The standard InChI is InChI=1S/C21H24F2N4O2S2/c1-4-27(5-2)17-10-8-16(9-11-17)19-24-25-21(26(19)3)30-14-15-6-12-18(13-7-15)31(28,29)20(22)23/h6-13,20H,4-5,14H2,1-3H3. The number of benzene rings is 2. The molecule has 0 atom stereocenters. The quantitative estimate of drug-likeness (QED) is 0.429. The number of hydrogen-bond acceptors (Lipinski definition) is 6. The van der Waals surface area contributed by atoms with Crippen LogP contribution in [0, 0.1) is 0 Å². The average molecular weight is 467 g/mol. The summed E-state index contributed by atoms with van der Waals surface area (Å²) in [5, 5.41) is 9.24. The normalized spacial score (nSPS) is 11.8. The Labute approximate surface area is 185 Å². The third kappa shape index (κ3) is 5.07. The van der Waals surface area contributed by atoms with Crippen molar-refractivity contribution in [2.75, 3.05) is 18.0 Å². The summed E-state index contributed by atoms with van der Waals surface area (Å²) in [6, 6.07) is 13.7. The van der Waals surface area contributed by atoms with Gasteiger partial charge < -0.3 is 9.47 Å². The van der Waals surface area contributed by atoms with Gasteiger partial charge in [0.05, 0.1) is 4.90 Å². The molecule has 0 radical (unpaired) electrons. The molecule has 1 heterocycles. The third-order valence-corrected chi connectivity index (χ3v) is 7.43. The Bertz CT molecular complexity index is 1110. The molecule has 3 aromatic rings. The van der Waals surface area contributed by atoms with E-state index in [4.69, 9.17) is 0 Å². The minimum Gasteiger partial charge on any atom is -0.372 e. The zero-order valence-electron chi connectivity index (χ0n) is 17.5. The molecular weight excluding hydrogens is 442 g/mol. The van der Waals surface area contributed by atoms with E-state index in [9.17, 15) is 17.2 Å². The van der Waals surface area contributed by atoms with Crippen molar-refractivity contribution in [3.63, 3.8) is 0 Å². The van der Waals surface area contributed by atoms with Gasteiger partial charge in [-0.3, -0.25) is 0 Å². The summed E-state index contributed by atoms with van der Waals surface area (Å²) >= 11 is 1.43. The van der Waals surface area contributed by atoms with Gasteiger partial charge in [0, 0.05) is 37.1 Å². The lowest BCUT2D eigenvalue weighted by molar-refractivity contribution is 0.234. The third-order valence-electron chi connectivity index (χ3n) is 4.94. The Balaban J connectivity index is 1.70. The molecule has 0 aliphatic carbocycles. The second-order valence-corrected chi connectivity index (χ2v) is 9.68. The van der Waals surface area contributed by atoms with E-state index in [0.717, 1.165) is 35.7 Å². The van der Waals surface area contributed by atoms with Gasteiger partial charge in [-0.15, -0.1) is 10.2 Å². The first-order valence-electron chi connectivity index (χ1n) is 9.76. The number of sulfone groups is 1. The number of thioether (sulfide) groups is 1. The zero-order chi connectivity index (χ0) is 22.6. The summed E-state index contributed by atoms with van der Waals surface area (Å²) in [5.74, 6) is -2.18. The van der Waals surface area contributed by atoms with Gasteiger partial charge in [-0.05, 0) is 55.8 Å². The summed E-state index contributed by atoms with van der Waals surface area (Å²) in [5.41, 5.74) is 2.91. The van der Waals surface area contributed by atoms with Crippen LogP contribution in [0.15, 0.2) is 58.6 Å². The van der Waals surface area contributed by atoms with Crippen LogP contribution in [0.1, 0.15) is 19.4 Å². The lowest BCUT2D eigenvalue weighted by Crippen LogP contribution is -2.21. The van der Waals surface area contributed by atoms with Crippen LogP contribution in [-0.4, -0.2) is 42.0 Å². The van der Waals surface area contributed by atoms with Crippen molar-refractivity contribution < 1.29 is 17.2 Å². The summed E-state index contributed by atoms with van der Waals surface area (Å²) in [7, 11) is -2.69. The molecule has 2 aromatic carbocycles. The molecule has 0 N–H and O–H groups in total. The van der Waals surface area contributed by atoms with E-state index < -0.39 is 15.6 Å². The van der Waals surface area contributed by atoms with Gasteiger partial charge in [-0.1, -0.05) is 23.9 Å². The van der Waals surface area contributed by atoms with Crippen LogP contribution in [0.2, 0.25) is 0 Å². The molecule has 0 spiro atoms. The number of rotatable bonds is 9. The fourth-order valence-corrected chi connectivity index (χ4v) is 4.72. The minimum absolute atomic E-state index is 0.384. The molecule has 0 unspecified atom stereocenters. The number of aromatic nitrogens is 3. The van der Waals surface area contributed by atoms with E-state index >= 15 is 0 Å². The molecular formula is C21H24F2N4O2S2. The minimum atomic E-state index is -4.58. The summed E-state index contributed by atoms with van der Waals surface area (Å²) in [6.07, 6.45) is 0. The molecule has 0 amide bonds. The second kappa shape index (κ2) is 9.78. The number of alkyl halides is 2. The summed E-state index contributed by atoms with van der Waals surface area (Å²) in [6.45, 7) is 6.12. The van der Waals surface area contributed by atoms with Crippen molar-refractivity contribution in [1.29, 1.82) is 0 Å². The first-order chi connectivity index (χ1) is 14.8. The van der Waals surface area contributed by atoms with E-state index in [-0.39, 0.29) is 4.90 Å². The fourth-order valence-electron chi connectivity index (χ4n) is 3.13. The number of hydrogen-bond donors (Lipinski definition) is 0. The molecule has 6 nitrogen and oxygen atoms in total. The van der Waals surface area contributed by atoms with Crippen LogP contribution < -0.4 is 4.90 Å². The van der Waals surface area contributed by atoms with E-state index in [1.165, 1.54) is 36.0 Å². The van der Waals surface area contributed by atoms with Crippen LogP contribution >= 0.6 is 11.8 Å². The van der Waals surface area contributed by atoms with Crippen molar-refractivity contribution in [3.8, 4) is 11.4 Å². The highest BCUT2D eigenvalue weighted by Crippen LogP contribution is 2.27. The zero-order valence-corrected chi connectivity index (χ0v) is 19.1. The molecule has 0 saturated heterocycles. The van der Waals surface area contributed by atoms with Crippen molar-refractivity contribution in [2.45, 2.75) is 35.4 Å². The second-order valence-electron chi connectivity index (χ2n) is 6.82. The molecule has 0 aliphatic rings. The maximum atomic E-state index is 12.6. The first kappa shape index (κ1) is 23.2. The van der Waals surface area contributed by atoms with E-state index in [1.54, 1.807) is 0 Å². The van der Waals surface area contributed by atoms with Gasteiger partial charge in [0.1, 0.15) is 0 Å². The van der Waals surface area contributed by atoms with Crippen molar-refractivity contribution in [2.24, 2.45) is 7.05 Å². The monoisotopic (exact) mass is 466 g/mol. The van der Waals surface area contributed by atoms with Crippen LogP contribution in [0.4, 0.5) is 14.5 Å². The summed E-state index contributed by atoms with van der Waals surface area (Å²) < 4.78 is 50.2. The van der Waals surface area contributed by atoms with Gasteiger partial charge in [-0.2, -0.15) is 8.78 Å². The Morgan fingerprint density at radius 2 is 1.61 bits per heavy atom. The van der Waals surface area contributed by atoms with Gasteiger partial charge in [0.15, 0.2) is 11.0 Å². The van der Waals surface area contributed by atoms with E-state index in [0.29, 0.717) is 10.9 Å². The Hall–Kier alpha value is -2.46. The molecule has 3 rings (SSSR count). The Morgan fingerprint density at radius 3 is 2.16 bits per heavy atom. The predicted molar refractivity (Wildman–Crippen MR) is 119 cm³/mol. The molecule has 10 heteroatoms. The van der Waals surface area contributed by atoms with Crippen LogP contribution in [0.25, 0.3) is 11.4 Å². The van der Waals surface area contributed by atoms with Crippen LogP contribution in [0.5, 0.6) is 0 Å². The smallest absolute Gasteiger partial charge is 0.341 e. The topological polar surface area (TPSA) is 68.1 Å². The predicted octanol–water partition coefficient (Wildman–Crippen LogP) is 4.62. The average Bonchev–Trinajstić information content (AvgIpc) is 3.14. The van der Waals surface area contributed by atoms with Crippen molar-refractivity contribution in [3.05, 3.63) is 54.1 Å². The van der Waals surface area contributed by atoms with Gasteiger partial charge in [0.2, 0.25) is 9.84 Å². The number of anilines is 1. The molecule has 31 heavy (non-hydrogen) atoms. The molecule has 0 bridgehead atoms. The fraction of sp³-hybridized carbons (Fsp3) is 0.333. The first-order valence-corrected chi connectivity index (χ1v) is 12.3. The lowest BCUT2D eigenvalue weighted by Gasteiger charge is -2.21. The molecule has 0 fully saturated rings. The molecule has 0 saturated carbocycles. The van der Waals surface area contributed by atoms with Gasteiger partial charge in [-0.25, -0.2) is 8.42 Å². The van der Waals surface area contributed by atoms with Crippen molar-refractivity contribution >= 4 is 27.3 Å². The van der Waals surface area contributed by atoms with Crippen molar-refractivity contribution in [1.82, 2.24) is 14.8 Å². The van der Waals surface area contributed by atoms with Gasteiger partial charge in [0.25, 0.3) is 0 Å². The van der Waals surface area contributed by atoms with Crippen LogP contribution in [-0.2, 0) is 22.6 Å². The highest BCUT2D eigenvalue weighted by molar-refractivity contribution is 7.98. The SMILES string of the molecule is CCN(CC)c1ccc(-c2nnc(SCc3ccc(S(=O)(=O)C(F)F)cc3)n2C)cc1. The molecule has 1 aromatic heterocycles.